The van der Waals surface area contributed by atoms with Gasteiger partial charge in [0, 0.05) is 6.54 Å². The molecule has 0 saturated carbocycles. The van der Waals surface area contributed by atoms with Crippen molar-refractivity contribution < 1.29 is 14.7 Å². The maximum absolute atomic E-state index is 11.0. The van der Waals surface area contributed by atoms with Crippen LogP contribution in [0.3, 0.4) is 0 Å². The molecule has 1 amide bonds. The third kappa shape index (κ3) is 2.17. The lowest BCUT2D eigenvalue weighted by Crippen LogP contribution is -2.40. The third-order valence-corrected chi connectivity index (χ3v) is 1.61. The molecule has 0 aromatic heterocycles. The second-order valence-electron chi connectivity index (χ2n) is 2.66. The Morgan fingerprint density at radius 1 is 1.64 bits per heavy atom. The molecule has 1 aliphatic heterocycles. The number of hydrogen-bond donors (Lipinski definition) is 1. The maximum Gasteiger partial charge on any atom is 0.274 e. The van der Waals surface area contributed by atoms with E-state index in [9.17, 15) is 4.79 Å². The normalized spacial score (nSPS) is 21.5. The summed E-state index contributed by atoms with van der Waals surface area (Å²) in [6.07, 6.45) is 0.996. The van der Waals surface area contributed by atoms with Crippen molar-refractivity contribution in [2.45, 2.75) is 25.9 Å². The lowest BCUT2D eigenvalue weighted by molar-refractivity contribution is -0.204. The van der Waals surface area contributed by atoms with Crippen LogP contribution in [-0.2, 0) is 9.63 Å². The van der Waals surface area contributed by atoms with Gasteiger partial charge in [0.2, 0.25) is 0 Å². The molecular formula is C7H13NO3. The fourth-order valence-electron chi connectivity index (χ4n) is 0.979. The van der Waals surface area contributed by atoms with E-state index < -0.39 is 6.10 Å². The topological polar surface area (TPSA) is 49.8 Å². The quantitative estimate of drug-likeness (QED) is 0.582. The zero-order chi connectivity index (χ0) is 8.27. The van der Waals surface area contributed by atoms with E-state index in [1.54, 1.807) is 0 Å². The minimum absolute atomic E-state index is 0.343. The summed E-state index contributed by atoms with van der Waals surface area (Å²) in [7, 11) is 0. The molecule has 4 heteroatoms. The van der Waals surface area contributed by atoms with Gasteiger partial charge >= 0.3 is 0 Å². The van der Waals surface area contributed by atoms with Crippen LogP contribution >= 0.6 is 0 Å². The van der Waals surface area contributed by atoms with Crippen molar-refractivity contribution in [3.05, 3.63) is 0 Å². The summed E-state index contributed by atoms with van der Waals surface area (Å²) in [5.41, 5.74) is 0. The molecule has 0 bridgehead atoms. The predicted octanol–water partition coefficient (Wildman–Crippen LogP) is -0.0788. The van der Waals surface area contributed by atoms with E-state index in [1.807, 2.05) is 0 Å². The van der Waals surface area contributed by atoms with Crippen molar-refractivity contribution in [3.63, 3.8) is 0 Å². The standard InChI is InChI=1S/C7H13NO3/c1-6(9)7(10)8-4-2-3-5-11-8/h6,9H,2-5H2,1H3/t6-/m0/s1. The smallest absolute Gasteiger partial charge is 0.274 e. The van der Waals surface area contributed by atoms with Gasteiger partial charge in [-0.25, -0.2) is 5.06 Å². The third-order valence-electron chi connectivity index (χ3n) is 1.61. The highest BCUT2D eigenvalue weighted by Crippen LogP contribution is 2.06. The van der Waals surface area contributed by atoms with E-state index in [4.69, 9.17) is 9.94 Å². The summed E-state index contributed by atoms with van der Waals surface area (Å²) in [5.74, 6) is -0.343. The number of hydroxylamine groups is 2. The van der Waals surface area contributed by atoms with E-state index in [2.05, 4.69) is 0 Å². The largest absolute Gasteiger partial charge is 0.383 e. The fourth-order valence-corrected chi connectivity index (χ4v) is 0.979. The molecule has 1 saturated heterocycles. The molecule has 11 heavy (non-hydrogen) atoms. The van der Waals surface area contributed by atoms with Gasteiger partial charge in [0.1, 0.15) is 6.10 Å². The van der Waals surface area contributed by atoms with Crippen LogP contribution in [0.2, 0.25) is 0 Å². The minimum Gasteiger partial charge on any atom is -0.383 e. The molecule has 4 nitrogen and oxygen atoms in total. The SMILES string of the molecule is C[C@H](O)C(=O)N1CCCCO1. The highest BCUT2D eigenvalue weighted by atomic mass is 16.7. The number of amides is 1. The first-order chi connectivity index (χ1) is 5.22. The molecule has 1 N–H and O–H groups in total. The zero-order valence-electron chi connectivity index (χ0n) is 6.62. The van der Waals surface area contributed by atoms with Crippen LogP contribution in [-0.4, -0.2) is 35.3 Å². The van der Waals surface area contributed by atoms with Gasteiger partial charge in [-0.1, -0.05) is 0 Å². The van der Waals surface area contributed by atoms with Gasteiger partial charge in [0.15, 0.2) is 0 Å². The van der Waals surface area contributed by atoms with Crippen LogP contribution in [0, 0.1) is 0 Å². The van der Waals surface area contributed by atoms with Crippen LogP contribution in [0.25, 0.3) is 0 Å². The van der Waals surface area contributed by atoms with Gasteiger partial charge in [-0.2, -0.15) is 0 Å². The molecule has 1 aliphatic rings. The molecule has 0 aromatic rings. The average Bonchev–Trinajstić information content (AvgIpc) is 2.05. The summed E-state index contributed by atoms with van der Waals surface area (Å²) in [5, 5.41) is 10.1. The van der Waals surface area contributed by atoms with E-state index >= 15 is 0 Å². The highest BCUT2D eigenvalue weighted by molar-refractivity contribution is 5.79. The van der Waals surface area contributed by atoms with Crippen molar-refractivity contribution >= 4 is 5.91 Å². The molecule has 0 spiro atoms. The number of carbonyl (C=O) groups is 1. The number of aliphatic hydroxyl groups excluding tert-OH is 1. The Balaban J connectivity index is 2.39. The summed E-state index contributed by atoms with van der Waals surface area (Å²) in [6.45, 7) is 2.63. The summed E-state index contributed by atoms with van der Waals surface area (Å²) in [6, 6.07) is 0. The summed E-state index contributed by atoms with van der Waals surface area (Å²) >= 11 is 0. The molecule has 1 fully saturated rings. The Morgan fingerprint density at radius 2 is 2.36 bits per heavy atom. The van der Waals surface area contributed by atoms with Crippen molar-refractivity contribution in [1.29, 1.82) is 0 Å². The van der Waals surface area contributed by atoms with Crippen LogP contribution in [0.1, 0.15) is 19.8 Å². The van der Waals surface area contributed by atoms with Crippen LogP contribution in [0.5, 0.6) is 0 Å². The fraction of sp³-hybridized carbons (Fsp3) is 0.857. The van der Waals surface area contributed by atoms with Crippen LogP contribution < -0.4 is 0 Å². The van der Waals surface area contributed by atoms with Gasteiger partial charge in [-0.05, 0) is 19.8 Å². The van der Waals surface area contributed by atoms with Gasteiger partial charge in [0.25, 0.3) is 5.91 Å². The van der Waals surface area contributed by atoms with Gasteiger partial charge < -0.3 is 5.11 Å². The predicted molar refractivity (Wildman–Crippen MR) is 38.6 cm³/mol. The van der Waals surface area contributed by atoms with E-state index in [-0.39, 0.29) is 5.91 Å². The highest BCUT2D eigenvalue weighted by Gasteiger charge is 2.21. The molecular weight excluding hydrogens is 146 g/mol. The monoisotopic (exact) mass is 159 g/mol. The first kappa shape index (κ1) is 8.49. The van der Waals surface area contributed by atoms with Gasteiger partial charge in [0.05, 0.1) is 6.61 Å². The number of aliphatic hydroxyl groups is 1. The summed E-state index contributed by atoms with van der Waals surface area (Å²) in [4.78, 5) is 16.1. The molecule has 1 atom stereocenters. The Hall–Kier alpha value is -0.610. The Labute approximate surface area is 65.7 Å². The van der Waals surface area contributed by atoms with Gasteiger partial charge in [-0.3, -0.25) is 9.63 Å². The van der Waals surface area contributed by atoms with Crippen molar-refractivity contribution in [2.75, 3.05) is 13.2 Å². The molecule has 1 heterocycles. The number of rotatable bonds is 1. The zero-order valence-corrected chi connectivity index (χ0v) is 6.62. The second kappa shape index (κ2) is 3.69. The van der Waals surface area contributed by atoms with Crippen molar-refractivity contribution in [2.24, 2.45) is 0 Å². The number of nitrogens with zero attached hydrogens (tertiary/aromatic N) is 1. The molecule has 0 aliphatic carbocycles. The lowest BCUT2D eigenvalue weighted by atomic mass is 10.3. The van der Waals surface area contributed by atoms with E-state index in [1.165, 1.54) is 12.0 Å². The van der Waals surface area contributed by atoms with Crippen molar-refractivity contribution in [1.82, 2.24) is 5.06 Å². The van der Waals surface area contributed by atoms with Crippen LogP contribution in [0.15, 0.2) is 0 Å². The maximum atomic E-state index is 11.0. The molecule has 1 rings (SSSR count). The Bertz CT molecular complexity index is 141. The first-order valence-electron chi connectivity index (χ1n) is 3.84. The molecule has 0 aromatic carbocycles. The van der Waals surface area contributed by atoms with Crippen molar-refractivity contribution in [3.8, 4) is 0 Å². The van der Waals surface area contributed by atoms with E-state index in [0.29, 0.717) is 13.2 Å². The van der Waals surface area contributed by atoms with E-state index in [0.717, 1.165) is 12.8 Å². The number of carbonyl (C=O) groups excluding carboxylic acids is 1. The first-order valence-corrected chi connectivity index (χ1v) is 3.84. The van der Waals surface area contributed by atoms with Gasteiger partial charge in [-0.15, -0.1) is 0 Å². The Kier molecular flexibility index (Phi) is 2.84. The number of hydrogen-bond acceptors (Lipinski definition) is 3. The second-order valence-corrected chi connectivity index (χ2v) is 2.66. The molecule has 0 unspecified atom stereocenters. The summed E-state index contributed by atoms with van der Waals surface area (Å²) < 4.78 is 0. The average molecular weight is 159 g/mol. The molecule has 0 radical (unpaired) electrons. The van der Waals surface area contributed by atoms with Crippen LogP contribution in [0.4, 0.5) is 0 Å². The molecule has 64 valence electrons. The lowest BCUT2D eigenvalue weighted by Gasteiger charge is -2.26. The Morgan fingerprint density at radius 3 is 2.82 bits per heavy atom. The minimum atomic E-state index is -0.951.